The largest absolute Gasteiger partial charge is 0.496 e. The smallest absolute Gasteiger partial charge is 0.251 e. The molecule has 4 aromatic rings. The normalized spacial score (nSPS) is 15.6. The summed E-state index contributed by atoms with van der Waals surface area (Å²) in [6.07, 6.45) is 2.37. The van der Waals surface area contributed by atoms with Gasteiger partial charge in [-0.3, -0.25) is 4.79 Å². The van der Waals surface area contributed by atoms with Crippen LogP contribution in [-0.2, 0) is 18.0 Å². The van der Waals surface area contributed by atoms with Crippen molar-refractivity contribution in [2.24, 2.45) is 5.92 Å². The number of carbonyl (C=O) groups excluding carboxylic acids is 1. The molecule has 3 heterocycles. The zero-order chi connectivity index (χ0) is 28.8. The van der Waals surface area contributed by atoms with E-state index in [-0.39, 0.29) is 25.0 Å². The van der Waals surface area contributed by atoms with Crippen molar-refractivity contribution >= 4 is 23.2 Å². The Morgan fingerprint density at radius 1 is 1.12 bits per heavy atom. The van der Waals surface area contributed by atoms with Crippen molar-refractivity contribution in [1.29, 1.82) is 0 Å². The van der Waals surface area contributed by atoms with Gasteiger partial charge in [-0.25, -0.2) is 14.4 Å². The molecular weight excluding hydrogens is 525 g/mol. The van der Waals surface area contributed by atoms with E-state index in [9.17, 15) is 9.18 Å². The van der Waals surface area contributed by atoms with E-state index in [4.69, 9.17) is 19.9 Å². The number of nitrogens with one attached hydrogen (secondary N) is 2. The molecule has 0 radical (unpaired) electrons. The number of hydrogen-bond donors (Lipinski definition) is 3. The molecule has 0 fully saturated rings. The number of nitrogen functional groups attached to an aromatic ring is 1. The molecule has 2 aliphatic rings. The van der Waals surface area contributed by atoms with Gasteiger partial charge in [-0.15, -0.1) is 0 Å². The molecule has 0 aliphatic carbocycles. The van der Waals surface area contributed by atoms with Crippen molar-refractivity contribution in [3.8, 4) is 22.8 Å². The zero-order valence-corrected chi connectivity index (χ0v) is 22.9. The van der Waals surface area contributed by atoms with E-state index in [0.29, 0.717) is 58.7 Å². The maximum absolute atomic E-state index is 14.5. The quantitative estimate of drug-likeness (QED) is 0.282. The highest BCUT2D eigenvalue weighted by Crippen LogP contribution is 2.30. The van der Waals surface area contributed by atoms with Gasteiger partial charge in [0.25, 0.3) is 5.91 Å². The van der Waals surface area contributed by atoms with Gasteiger partial charge < -0.3 is 30.6 Å². The van der Waals surface area contributed by atoms with Crippen LogP contribution in [0, 0.1) is 11.7 Å². The summed E-state index contributed by atoms with van der Waals surface area (Å²) in [5, 5.41) is 6.20. The van der Waals surface area contributed by atoms with Crippen molar-refractivity contribution < 1.29 is 23.4 Å². The molecular formula is C31H32FN5O4. The minimum atomic E-state index is -0.405. The second-order valence-corrected chi connectivity index (χ2v) is 9.88. The predicted molar refractivity (Wildman–Crippen MR) is 155 cm³/mol. The molecule has 6 rings (SSSR count). The first-order chi connectivity index (χ1) is 19.9. The zero-order valence-electron chi connectivity index (χ0n) is 22.9. The molecule has 2 aliphatic heterocycles. The SMILES string of the molecule is COc1cccc(F)c1COc1ccc2cc1COCCC(C)CNC(=O)c1ccc(c(N)c1)-c1ccnc(n1)N2. The molecule has 1 amide bonds. The average molecular weight is 558 g/mol. The Morgan fingerprint density at radius 2 is 2.00 bits per heavy atom. The highest BCUT2D eigenvalue weighted by Gasteiger charge is 2.15. The predicted octanol–water partition coefficient (Wildman–Crippen LogP) is 5.48. The fourth-order valence-corrected chi connectivity index (χ4v) is 4.50. The van der Waals surface area contributed by atoms with Gasteiger partial charge in [-0.2, -0.15) is 0 Å². The minimum Gasteiger partial charge on any atom is -0.496 e. The minimum absolute atomic E-state index is 0.0163. The van der Waals surface area contributed by atoms with Crippen LogP contribution in [0.5, 0.6) is 11.5 Å². The number of aromatic nitrogens is 2. The Kier molecular flexibility index (Phi) is 8.59. The number of anilines is 3. The first-order valence-electron chi connectivity index (χ1n) is 13.3. The molecule has 3 aromatic carbocycles. The molecule has 4 N–H and O–H groups in total. The van der Waals surface area contributed by atoms with E-state index in [0.717, 1.165) is 17.7 Å². The lowest BCUT2D eigenvalue weighted by molar-refractivity contribution is 0.0923. The number of fused-ring (bicyclic) bond motifs is 9. The Labute approximate surface area is 237 Å². The number of halogens is 1. The van der Waals surface area contributed by atoms with Crippen molar-refractivity contribution in [2.45, 2.75) is 26.6 Å². The van der Waals surface area contributed by atoms with Gasteiger partial charge in [0.05, 0.1) is 25.0 Å². The maximum Gasteiger partial charge on any atom is 0.251 e. The molecule has 0 saturated heterocycles. The molecule has 1 unspecified atom stereocenters. The number of rotatable bonds is 4. The van der Waals surface area contributed by atoms with E-state index in [1.165, 1.54) is 13.2 Å². The average Bonchev–Trinajstić information content (AvgIpc) is 2.97. The fraction of sp³-hybridized carbons (Fsp3) is 0.258. The van der Waals surface area contributed by atoms with Gasteiger partial charge in [0.1, 0.15) is 23.9 Å². The van der Waals surface area contributed by atoms with Gasteiger partial charge in [-0.05, 0) is 66.9 Å². The molecule has 1 aromatic heterocycles. The highest BCUT2D eigenvalue weighted by molar-refractivity contribution is 5.96. The Morgan fingerprint density at radius 3 is 2.83 bits per heavy atom. The summed E-state index contributed by atoms with van der Waals surface area (Å²) >= 11 is 0. The summed E-state index contributed by atoms with van der Waals surface area (Å²) in [6, 6.07) is 17.1. The number of hydrogen-bond acceptors (Lipinski definition) is 8. The van der Waals surface area contributed by atoms with Crippen LogP contribution in [0.15, 0.2) is 66.9 Å². The number of methoxy groups -OCH3 is 1. The Bertz CT molecular complexity index is 1550. The van der Waals surface area contributed by atoms with Gasteiger partial charge >= 0.3 is 0 Å². The van der Waals surface area contributed by atoms with Crippen LogP contribution in [-0.4, -0.2) is 36.1 Å². The number of nitrogens with two attached hydrogens (primary N) is 1. The molecule has 6 bridgehead atoms. The van der Waals surface area contributed by atoms with Crippen molar-refractivity contribution in [3.63, 3.8) is 0 Å². The number of amides is 1. The van der Waals surface area contributed by atoms with Gasteiger partial charge in [0.15, 0.2) is 0 Å². The number of carbonyl (C=O) groups is 1. The van der Waals surface area contributed by atoms with Crippen LogP contribution in [0.25, 0.3) is 11.3 Å². The fourth-order valence-electron chi connectivity index (χ4n) is 4.50. The third kappa shape index (κ3) is 6.72. The lowest BCUT2D eigenvalue weighted by atomic mass is 10.0. The van der Waals surface area contributed by atoms with E-state index in [1.54, 1.807) is 48.7 Å². The molecule has 10 heteroatoms. The van der Waals surface area contributed by atoms with E-state index in [2.05, 4.69) is 27.5 Å². The summed E-state index contributed by atoms with van der Waals surface area (Å²) in [7, 11) is 1.50. The van der Waals surface area contributed by atoms with Crippen LogP contribution in [0.3, 0.4) is 0 Å². The maximum atomic E-state index is 14.5. The standard InChI is InChI=1S/C31H32FN5O4/c1-19-11-13-40-17-21-14-22(7-9-28(21)41-18-24-25(32)4-3-5-29(24)39-2)36-31-34-12-10-27(37-31)23-8-6-20(15-26(23)33)30(38)35-16-19/h3-10,12,14-15,19H,11,13,16-18,33H2,1-2H3,(H,35,38)(H,34,36,37). The summed E-state index contributed by atoms with van der Waals surface area (Å²) < 4.78 is 31.9. The van der Waals surface area contributed by atoms with Crippen molar-refractivity contribution in [2.75, 3.05) is 31.3 Å². The van der Waals surface area contributed by atoms with Crippen molar-refractivity contribution in [1.82, 2.24) is 15.3 Å². The first-order valence-corrected chi connectivity index (χ1v) is 13.3. The second-order valence-electron chi connectivity index (χ2n) is 9.88. The van der Waals surface area contributed by atoms with Gasteiger partial charge in [0, 0.05) is 47.4 Å². The topological polar surface area (TPSA) is 121 Å². The van der Waals surface area contributed by atoms with Crippen LogP contribution in [0.2, 0.25) is 0 Å². The monoisotopic (exact) mass is 557 g/mol. The molecule has 0 saturated carbocycles. The third-order valence-electron chi connectivity index (χ3n) is 6.85. The third-order valence-corrected chi connectivity index (χ3v) is 6.85. The summed E-state index contributed by atoms with van der Waals surface area (Å²) in [5.41, 5.74) is 10.4. The molecule has 0 spiro atoms. The lowest BCUT2D eigenvalue weighted by Gasteiger charge is -2.16. The van der Waals surface area contributed by atoms with Crippen molar-refractivity contribution in [3.05, 3.63) is 89.4 Å². The van der Waals surface area contributed by atoms with E-state index in [1.807, 2.05) is 12.1 Å². The molecule has 1 atom stereocenters. The number of ether oxygens (including phenoxy) is 3. The van der Waals surface area contributed by atoms with E-state index >= 15 is 0 Å². The number of benzene rings is 3. The number of nitrogens with zero attached hydrogens (tertiary/aromatic N) is 2. The molecule has 9 nitrogen and oxygen atoms in total. The summed E-state index contributed by atoms with van der Waals surface area (Å²) in [6.45, 7) is 3.27. The van der Waals surface area contributed by atoms with Gasteiger partial charge in [0.2, 0.25) is 5.95 Å². The Balaban J connectivity index is 1.45. The lowest BCUT2D eigenvalue weighted by Crippen LogP contribution is -2.28. The molecule has 212 valence electrons. The van der Waals surface area contributed by atoms with Gasteiger partial charge in [-0.1, -0.05) is 13.0 Å². The Hall–Kier alpha value is -4.70. The van der Waals surface area contributed by atoms with Crippen LogP contribution in [0.1, 0.15) is 34.8 Å². The van der Waals surface area contributed by atoms with Crippen LogP contribution >= 0.6 is 0 Å². The summed E-state index contributed by atoms with van der Waals surface area (Å²) in [5.74, 6) is 0.924. The highest BCUT2D eigenvalue weighted by atomic mass is 19.1. The second kappa shape index (κ2) is 12.6. The molecule has 41 heavy (non-hydrogen) atoms. The van der Waals surface area contributed by atoms with Crippen LogP contribution < -0.4 is 25.8 Å². The summed E-state index contributed by atoms with van der Waals surface area (Å²) in [4.78, 5) is 21.7. The first kappa shape index (κ1) is 27.9. The van der Waals surface area contributed by atoms with E-state index < -0.39 is 5.82 Å². The van der Waals surface area contributed by atoms with Crippen LogP contribution in [0.4, 0.5) is 21.7 Å².